The van der Waals surface area contributed by atoms with Crippen LogP contribution >= 0.6 is 0 Å². The largest absolute Gasteiger partial charge is 0.483 e. The summed E-state index contributed by atoms with van der Waals surface area (Å²) in [6, 6.07) is 12.1. The lowest BCUT2D eigenvalue weighted by atomic mass is 10.1. The van der Waals surface area contributed by atoms with Crippen LogP contribution in [0.1, 0.15) is 23.6 Å². The van der Waals surface area contributed by atoms with Gasteiger partial charge in [0.2, 0.25) is 10.0 Å². The maximum Gasteiger partial charge on any atom is 0.276 e. The number of hydrogen-bond donors (Lipinski definition) is 2. The fraction of sp³-hybridized carbons (Fsp3) is 0.333. The van der Waals surface area contributed by atoms with Crippen molar-refractivity contribution in [3.8, 4) is 5.75 Å². The lowest BCUT2D eigenvalue weighted by Crippen LogP contribution is -2.48. The SMILES string of the molecule is CCc1ccccc1OCC(=O)NNC(=O)CN(C)S(=O)(=O)c1ccc(C)c(C)c1. The van der Waals surface area contributed by atoms with E-state index in [0.29, 0.717) is 5.75 Å². The Balaban J connectivity index is 1.85. The Kier molecular flexibility index (Phi) is 7.96. The molecule has 0 unspecified atom stereocenters. The van der Waals surface area contributed by atoms with Crippen molar-refractivity contribution in [1.82, 2.24) is 15.2 Å². The molecule has 0 fully saturated rings. The van der Waals surface area contributed by atoms with Crippen LogP contribution in [0.5, 0.6) is 5.75 Å². The van der Waals surface area contributed by atoms with Crippen LogP contribution in [0.2, 0.25) is 0 Å². The number of para-hydroxylation sites is 1. The first-order valence-corrected chi connectivity index (χ1v) is 10.9. The molecule has 0 heterocycles. The third kappa shape index (κ3) is 6.04. The molecule has 0 spiro atoms. The quantitative estimate of drug-likeness (QED) is 0.617. The molecule has 0 aliphatic heterocycles. The molecule has 2 N–H and O–H groups in total. The molecule has 0 aliphatic carbocycles. The molecule has 0 bridgehead atoms. The maximum atomic E-state index is 12.6. The van der Waals surface area contributed by atoms with Gasteiger partial charge in [-0.05, 0) is 55.2 Å². The molecule has 30 heavy (non-hydrogen) atoms. The van der Waals surface area contributed by atoms with Gasteiger partial charge in [-0.25, -0.2) is 8.42 Å². The molecule has 0 radical (unpaired) electrons. The predicted octanol–water partition coefficient (Wildman–Crippen LogP) is 1.71. The number of nitrogens with one attached hydrogen (secondary N) is 2. The minimum Gasteiger partial charge on any atom is -0.483 e. The average molecular weight is 434 g/mol. The van der Waals surface area contributed by atoms with Crippen LogP contribution in [0.4, 0.5) is 0 Å². The van der Waals surface area contributed by atoms with Crippen molar-refractivity contribution in [2.24, 2.45) is 0 Å². The average Bonchev–Trinajstić information content (AvgIpc) is 2.72. The summed E-state index contributed by atoms with van der Waals surface area (Å²) in [5, 5.41) is 0. The summed E-state index contributed by atoms with van der Waals surface area (Å²) in [4.78, 5) is 24.1. The van der Waals surface area contributed by atoms with Crippen molar-refractivity contribution in [1.29, 1.82) is 0 Å². The van der Waals surface area contributed by atoms with E-state index in [1.54, 1.807) is 24.3 Å². The second-order valence-electron chi connectivity index (χ2n) is 6.85. The monoisotopic (exact) mass is 433 g/mol. The van der Waals surface area contributed by atoms with Gasteiger partial charge in [0.25, 0.3) is 11.8 Å². The molecule has 2 aromatic rings. The highest BCUT2D eigenvalue weighted by molar-refractivity contribution is 7.89. The van der Waals surface area contributed by atoms with E-state index in [2.05, 4.69) is 10.9 Å². The van der Waals surface area contributed by atoms with Gasteiger partial charge in [-0.15, -0.1) is 0 Å². The minimum atomic E-state index is -3.83. The van der Waals surface area contributed by atoms with E-state index < -0.39 is 28.4 Å². The number of nitrogens with zero attached hydrogens (tertiary/aromatic N) is 1. The molecule has 162 valence electrons. The summed E-state index contributed by atoms with van der Waals surface area (Å²) in [5.74, 6) is -0.637. The van der Waals surface area contributed by atoms with Gasteiger partial charge in [-0.3, -0.25) is 20.4 Å². The van der Waals surface area contributed by atoms with Gasteiger partial charge < -0.3 is 4.74 Å². The van der Waals surface area contributed by atoms with Gasteiger partial charge in [0.05, 0.1) is 11.4 Å². The van der Waals surface area contributed by atoms with Crippen molar-refractivity contribution in [2.45, 2.75) is 32.1 Å². The lowest BCUT2D eigenvalue weighted by Gasteiger charge is -2.18. The number of aryl methyl sites for hydroxylation is 3. The van der Waals surface area contributed by atoms with Crippen LogP contribution in [-0.4, -0.2) is 44.7 Å². The molecule has 0 saturated heterocycles. The van der Waals surface area contributed by atoms with E-state index in [0.717, 1.165) is 27.4 Å². The van der Waals surface area contributed by atoms with E-state index in [4.69, 9.17) is 4.74 Å². The highest BCUT2D eigenvalue weighted by Gasteiger charge is 2.23. The Morgan fingerprint density at radius 1 is 1.00 bits per heavy atom. The number of hydrogen-bond acceptors (Lipinski definition) is 5. The Bertz CT molecular complexity index is 1020. The molecule has 0 aromatic heterocycles. The molecule has 8 nitrogen and oxygen atoms in total. The van der Waals surface area contributed by atoms with Crippen LogP contribution in [0, 0.1) is 13.8 Å². The van der Waals surface area contributed by atoms with Crippen LogP contribution in [0.3, 0.4) is 0 Å². The van der Waals surface area contributed by atoms with Crippen molar-refractivity contribution >= 4 is 21.8 Å². The van der Waals surface area contributed by atoms with Crippen molar-refractivity contribution < 1.29 is 22.7 Å². The van der Waals surface area contributed by atoms with Crippen LogP contribution in [0.15, 0.2) is 47.4 Å². The van der Waals surface area contributed by atoms with Gasteiger partial charge >= 0.3 is 0 Å². The highest BCUT2D eigenvalue weighted by atomic mass is 32.2. The van der Waals surface area contributed by atoms with Crippen molar-refractivity contribution in [3.63, 3.8) is 0 Å². The van der Waals surface area contributed by atoms with Crippen molar-refractivity contribution in [3.05, 3.63) is 59.2 Å². The number of ether oxygens (including phenoxy) is 1. The first kappa shape index (κ1) is 23.4. The number of likely N-dealkylation sites (N-methyl/N-ethyl adjacent to an activating group) is 1. The van der Waals surface area contributed by atoms with Gasteiger partial charge in [0, 0.05) is 7.05 Å². The summed E-state index contributed by atoms with van der Waals surface area (Å²) >= 11 is 0. The molecule has 2 rings (SSSR count). The first-order valence-electron chi connectivity index (χ1n) is 9.47. The summed E-state index contributed by atoms with van der Waals surface area (Å²) in [6.45, 7) is 4.95. The minimum absolute atomic E-state index is 0.105. The second kappa shape index (κ2) is 10.2. The summed E-state index contributed by atoms with van der Waals surface area (Å²) in [6.07, 6.45) is 0.760. The molecule has 0 saturated carbocycles. The second-order valence-corrected chi connectivity index (χ2v) is 8.90. The molecular formula is C21H27N3O5S. The summed E-state index contributed by atoms with van der Waals surface area (Å²) in [5.41, 5.74) is 7.19. The molecule has 0 aliphatic rings. The number of benzene rings is 2. The number of hydrazine groups is 1. The summed E-state index contributed by atoms with van der Waals surface area (Å²) in [7, 11) is -2.53. The number of amides is 2. The Hall–Kier alpha value is -2.91. The van der Waals surface area contributed by atoms with Gasteiger partial charge in [0.1, 0.15) is 5.75 Å². The topological polar surface area (TPSA) is 105 Å². The Labute approximate surface area is 177 Å². The fourth-order valence-corrected chi connectivity index (χ4v) is 3.85. The zero-order valence-corrected chi connectivity index (χ0v) is 18.4. The van der Waals surface area contributed by atoms with Crippen LogP contribution < -0.4 is 15.6 Å². The molecular weight excluding hydrogens is 406 g/mol. The van der Waals surface area contributed by atoms with E-state index in [-0.39, 0.29) is 11.5 Å². The molecule has 2 aromatic carbocycles. The highest BCUT2D eigenvalue weighted by Crippen LogP contribution is 2.18. The standard InChI is InChI=1S/C21H27N3O5S/c1-5-17-8-6-7-9-19(17)29-14-21(26)23-22-20(25)13-24(4)30(27,28)18-11-10-15(2)16(3)12-18/h6-12H,5,13-14H2,1-4H3,(H,22,25)(H,23,26). The zero-order chi connectivity index (χ0) is 22.3. The normalized spacial score (nSPS) is 11.2. The Morgan fingerprint density at radius 2 is 1.67 bits per heavy atom. The molecule has 2 amide bonds. The van der Waals surface area contributed by atoms with Gasteiger partial charge in [-0.2, -0.15) is 4.31 Å². The van der Waals surface area contributed by atoms with Crippen molar-refractivity contribution in [2.75, 3.05) is 20.2 Å². The van der Waals surface area contributed by atoms with E-state index in [1.807, 2.05) is 32.9 Å². The predicted molar refractivity (Wildman–Crippen MR) is 113 cm³/mol. The van der Waals surface area contributed by atoms with E-state index in [9.17, 15) is 18.0 Å². The smallest absolute Gasteiger partial charge is 0.276 e. The first-order chi connectivity index (χ1) is 14.1. The number of carbonyl (C=O) groups excluding carboxylic acids is 2. The number of sulfonamides is 1. The third-order valence-corrected chi connectivity index (χ3v) is 6.41. The third-order valence-electron chi connectivity index (χ3n) is 4.61. The van der Waals surface area contributed by atoms with E-state index >= 15 is 0 Å². The maximum absolute atomic E-state index is 12.6. The number of carbonyl (C=O) groups is 2. The van der Waals surface area contributed by atoms with E-state index in [1.165, 1.54) is 13.1 Å². The fourth-order valence-electron chi connectivity index (χ4n) is 2.64. The summed E-state index contributed by atoms with van der Waals surface area (Å²) < 4.78 is 31.6. The lowest BCUT2D eigenvalue weighted by molar-refractivity contribution is -0.130. The van der Waals surface area contributed by atoms with Gasteiger partial charge in [0.15, 0.2) is 6.61 Å². The van der Waals surface area contributed by atoms with Gasteiger partial charge in [-0.1, -0.05) is 31.2 Å². The molecule has 9 heteroatoms. The number of rotatable bonds is 8. The van der Waals surface area contributed by atoms with Crippen LogP contribution in [0.25, 0.3) is 0 Å². The zero-order valence-electron chi connectivity index (χ0n) is 17.6. The molecule has 0 atom stereocenters. The Morgan fingerprint density at radius 3 is 2.33 bits per heavy atom. The van der Waals surface area contributed by atoms with Crippen LogP contribution in [-0.2, 0) is 26.0 Å².